The van der Waals surface area contributed by atoms with Crippen molar-refractivity contribution in [2.45, 2.75) is 48.4 Å². The molecule has 4 heterocycles. The van der Waals surface area contributed by atoms with Crippen molar-refractivity contribution in [3.8, 4) is 0 Å². The van der Waals surface area contributed by atoms with E-state index in [9.17, 15) is 36.2 Å². The number of alkyl halides is 6. The van der Waals surface area contributed by atoms with E-state index in [0.717, 1.165) is 0 Å². The molecular formula is C19H23F6N5O3. The molecule has 3 fully saturated rings. The predicted molar refractivity (Wildman–Crippen MR) is 99.9 cm³/mol. The number of hydrogen-bond acceptors (Lipinski definition) is 8. The second kappa shape index (κ2) is 8.41. The van der Waals surface area contributed by atoms with Gasteiger partial charge in [0.2, 0.25) is 0 Å². The molecule has 14 heteroatoms. The summed E-state index contributed by atoms with van der Waals surface area (Å²) in [5, 5.41) is 16.0. The van der Waals surface area contributed by atoms with E-state index in [1.54, 1.807) is 0 Å². The van der Waals surface area contributed by atoms with E-state index in [1.165, 1.54) is 0 Å². The maximum atomic E-state index is 13.2. The summed E-state index contributed by atoms with van der Waals surface area (Å²) in [5.74, 6) is 0.105. The Labute approximate surface area is 184 Å². The first kappa shape index (κ1) is 24.3. The fourth-order valence-corrected chi connectivity index (χ4v) is 4.71. The number of aliphatic hydroxyl groups is 1. The highest BCUT2D eigenvalue weighted by Crippen LogP contribution is 2.49. The Morgan fingerprint density at radius 2 is 1.64 bits per heavy atom. The van der Waals surface area contributed by atoms with E-state index >= 15 is 0 Å². The van der Waals surface area contributed by atoms with Crippen LogP contribution < -0.4 is 10.6 Å². The summed E-state index contributed by atoms with van der Waals surface area (Å²) in [6, 6.07) is -0.379. The number of fused-ring (bicyclic) bond motifs is 2. The molecule has 0 aromatic carbocycles. The molecule has 0 radical (unpaired) electrons. The van der Waals surface area contributed by atoms with Gasteiger partial charge in [0.1, 0.15) is 11.3 Å². The number of morpholine rings is 1. The topological polar surface area (TPSA) is 99.6 Å². The first-order valence-electron chi connectivity index (χ1n) is 10.4. The molecule has 184 valence electrons. The maximum absolute atomic E-state index is 13.2. The molecule has 1 aromatic rings. The number of hydrogen-bond donors (Lipinski definition) is 3. The van der Waals surface area contributed by atoms with Gasteiger partial charge in [-0.15, -0.1) is 0 Å². The number of carbonyl (C=O) groups is 1. The molecule has 4 rings (SSSR count). The van der Waals surface area contributed by atoms with E-state index in [-0.39, 0.29) is 36.8 Å². The summed E-state index contributed by atoms with van der Waals surface area (Å²) in [4.78, 5) is 21.8. The molecule has 0 saturated carbocycles. The summed E-state index contributed by atoms with van der Waals surface area (Å²) in [6.07, 6.45) is -10.7. The molecule has 3 saturated heterocycles. The van der Waals surface area contributed by atoms with Gasteiger partial charge in [0.15, 0.2) is 5.82 Å². The Hall–Kier alpha value is -1.87. The Bertz CT molecular complexity index is 842. The molecule has 1 aromatic heterocycles. The standard InChI is InChI=1S/C19H23F6N5O3/c20-18(21,22)17(32,19(23,24)25)11-5-27-15(28-6-11)16(9-26-1-2-29-16)10-30-12-3-14(31)4-13(30)8-33-7-12/h5-6,12-13,26,29,32H,1-4,7-10H2/t12?,13?,16-/m1/s1. The molecule has 2 bridgehead atoms. The maximum Gasteiger partial charge on any atom is 0.430 e. The summed E-state index contributed by atoms with van der Waals surface area (Å²) in [6.45, 7) is 2.27. The zero-order valence-corrected chi connectivity index (χ0v) is 17.3. The van der Waals surface area contributed by atoms with Gasteiger partial charge in [0.25, 0.3) is 5.60 Å². The van der Waals surface area contributed by atoms with E-state index in [2.05, 4.69) is 25.5 Å². The van der Waals surface area contributed by atoms with Crippen molar-refractivity contribution in [1.29, 1.82) is 0 Å². The Morgan fingerprint density at radius 1 is 1.06 bits per heavy atom. The monoisotopic (exact) mass is 483 g/mol. The molecule has 3 aliphatic rings. The summed E-state index contributed by atoms with van der Waals surface area (Å²) in [5.41, 5.74) is -7.63. The SMILES string of the molecule is O=C1CC2COCC(C1)N2C[C@@]1(c2ncc(C(O)(C(F)(F)F)C(F)(F)F)cn2)CNCCN1. The Kier molecular flexibility index (Phi) is 6.18. The fraction of sp³-hybridized carbons (Fsp3) is 0.737. The zero-order valence-electron chi connectivity index (χ0n) is 17.3. The van der Waals surface area contributed by atoms with Crippen LogP contribution in [0.25, 0.3) is 0 Å². The normalized spacial score (nSPS) is 29.8. The van der Waals surface area contributed by atoms with E-state index < -0.39 is 29.1 Å². The lowest BCUT2D eigenvalue weighted by atomic mass is 9.88. The highest BCUT2D eigenvalue weighted by Gasteiger charge is 2.71. The Morgan fingerprint density at radius 3 is 2.12 bits per heavy atom. The van der Waals surface area contributed by atoms with Crippen molar-refractivity contribution in [3.63, 3.8) is 0 Å². The van der Waals surface area contributed by atoms with Gasteiger partial charge in [0.05, 0.1) is 13.2 Å². The lowest BCUT2D eigenvalue weighted by molar-refractivity contribution is -0.376. The van der Waals surface area contributed by atoms with Crippen LogP contribution in [0, 0.1) is 0 Å². The van der Waals surface area contributed by atoms with Crippen LogP contribution in [0.2, 0.25) is 0 Å². The number of carbonyl (C=O) groups excluding carboxylic acids is 1. The molecule has 3 aliphatic heterocycles. The minimum atomic E-state index is -6.02. The van der Waals surface area contributed by atoms with Gasteiger partial charge in [-0.3, -0.25) is 9.69 Å². The predicted octanol–water partition coefficient (Wildman–Crippen LogP) is 0.609. The molecule has 0 amide bonds. The molecule has 3 N–H and O–H groups in total. The van der Waals surface area contributed by atoms with Crippen molar-refractivity contribution >= 4 is 5.78 Å². The number of halogens is 6. The number of rotatable bonds is 4. The average Bonchev–Trinajstić information content (AvgIpc) is 2.73. The second-order valence-electron chi connectivity index (χ2n) is 8.65. The highest BCUT2D eigenvalue weighted by molar-refractivity contribution is 5.80. The van der Waals surface area contributed by atoms with Crippen LogP contribution in [0.1, 0.15) is 24.2 Å². The quantitative estimate of drug-likeness (QED) is 0.536. The number of ether oxygens (including phenoxy) is 1. The Balaban J connectivity index is 1.67. The number of piperidine rings is 1. The van der Waals surface area contributed by atoms with Gasteiger partial charge in [-0.2, -0.15) is 26.3 Å². The summed E-state index contributed by atoms with van der Waals surface area (Å²) >= 11 is 0. The van der Waals surface area contributed by atoms with Crippen LogP contribution in [0.5, 0.6) is 0 Å². The number of ketones is 1. The molecule has 0 spiro atoms. The number of aromatic nitrogens is 2. The van der Waals surface area contributed by atoms with Crippen molar-refractivity contribution in [1.82, 2.24) is 25.5 Å². The third-order valence-electron chi connectivity index (χ3n) is 6.45. The lowest BCUT2D eigenvalue weighted by Crippen LogP contribution is -2.67. The number of Topliss-reactive ketones (excluding diaryl/α,β-unsaturated/α-hetero) is 1. The zero-order chi connectivity index (χ0) is 24.1. The van der Waals surface area contributed by atoms with Crippen molar-refractivity contribution in [2.24, 2.45) is 0 Å². The summed E-state index contributed by atoms with van der Waals surface area (Å²) in [7, 11) is 0. The van der Waals surface area contributed by atoms with E-state index in [1.807, 2.05) is 0 Å². The number of piperazine rings is 1. The van der Waals surface area contributed by atoms with Crippen molar-refractivity contribution < 1.29 is 41.0 Å². The van der Waals surface area contributed by atoms with Crippen LogP contribution in [0.15, 0.2) is 12.4 Å². The van der Waals surface area contributed by atoms with Gasteiger partial charge in [-0.1, -0.05) is 0 Å². The van der Waals surface area contributed by atoms with Gasteiger partial charge in [-0.05, 0) is 0 Å². The first-order valence-corrected chi connectivity index (χ1v) is 10.4. The van der Waals surface area contributed by atoms with Crippen LogP contribution in [0.3, 0.4) is 0 Å². The molecule has 3 atom stereocenters. The fourth-order valence-electron chi connectivity index (χ4n) is 4.71. The van der Waals surface area contributed by atoms with E-state index in [0.29, 0.717) is 51.5 Å². The third-order valence-corrected chi connectivity index (χ3v) is 6.45. The minimum Gasteiger partial charge on any atom is -0.378 e. The smallest absolute Gasteiger partial charge is 0.378 e. The van der Waals surface area contributed by atoms with Crippen molar-refractivity contribution in [2.75, 3.05) is 39.4 Å². The van der Waals surface area contributed by atoms with Gasteiger partial charge >= 0.3 is 12.4 Å². The minimum absolute atomic E-state index is 0.0129. The highest BCUT2D eigenvalue weighted by atomic mass is 19.4. The van der Waals surface area contributed by atoms with Gasteiger partial charge in [0, 0.05) is 69.1 Å². The van der Waals surface area contributed by atoms with Crippen LogP contribution in [0.4, 0.5) is 26.3 Å². The van der Waals surface area contributed by atoms with Crippen LogP contribution in [-0.4, -0.2) is 89.6 Å². The van der Waals surface area contributed by atoms with Gasteiger partial charge < -0.3 is 20.5 Å². The second-order valence-corrected chi connectivity index (χ2v) is 8.65. The molecule has 8 nitrogen and oxygen atoms in total. The van der Waals surface area contributed by atoms with Crippen LogP contribution in [-0.2, 0) is 20.7 Å². The molecular weight excluding hydrogens is 460 g/mol. The molecule has 33 heavy (non-hydrogen) atoms. The number of nitrogens with one attached hydrogen (secondary N) is 2. The third kappa shape index (κ3) is 4.22. The largest absolute Gasteiger partial charge is 0.430 e. The average molecular weight is 483 g/mol. The number of nitrogens with zero attached hydrogens (tertiary/aromatic N) is 3. The van der Waals surface area contributed by atoms with Crippen LogP contribution >= 0.6 is 0 Å². The first-order chi connectivity index (χ1) is 15.4. The molecule has 0 aliphatic carbocycles. The van der Waals surface area contributed by atoms with E-state index in [4.69, 9.17) is 4.74 Å². The van der Waals surface area contributed by atoms with Gasteiger partial charge in [-0.25, -0.2) is 9.97 Å². The lowest BCUT2D eigenvalue weighted by Gasteiger charge is -2.50. The van der Waals surface area contributed by atoms with Crippen molar-refractivity contribution in [3.05, 3.63) is 23.8 Å². The molecule has 2 unspecified atom stereocenters. The summed E-state index contributed by atoms with van der Waals surface area (Å²) < 4.78 is 84.7.